The van der Waals surface area contributed by atoms with Crippen LogP contribution in [0.4, 0.5) is 5.95 Å². The number of ether oxygens (including phenoxy) is 1. The number of carbonyl (C=O) groups is 1. The number of hydrogen-bond donors (Lipinski definition) is 0. The molecule has 0 N–H and O–H groups in total. The number of likely N-dealkylation sites (tertiary alicyclic amines) is 1. The van der Waals surface area contributed by atoms with Crippen molar-refractivity contribution < 1.29 is 9.53 Å². The van der Waals surface area contributed by atoms with E-state index in [-0.39, 0.29) is 11.3 Å². The van der Waals surface area contributed by atoms with Crippen molar-refractivity contribution in [1.82, 2.24) is 14.9 Å². The van der Waals surface area contributed by atoms with Crippen LogP contribution in [0.15, 0.2) is 73.1 Å². The summed E-state index contributed by atoms with van der Waals surface area (Å²) in [5.74, 6) is 2.78. The number of benzene rings is 2. The SMILES string of the molecule is CCc1cnc(N2CCC(COc3ccc(C4=CCC(C(=O)N5CCCC6(C=Cc7ccccc76)CC5)CC4)cc3)CC2)nc1. The fourth-order valence-corrected chi connectivity index (χ4v) is 7.80. The van der Waals surface area contributed by atoms with Crippen LogP contribution in [0.1, 0.15) is 80.5 Å². The second-order valence-electron chi connectivity index (χ2n) is 13.5. The largest absolute Gasteiger partial charge is 0.493 e. The maximum Gasteiger partial charge on any atom is 0.226 e. The molecule has 2 aliphatic heterocycles. The predicted molar refractivity (Wildman–Crippen MR) is 181 cm³/mol. The van der Waals surface area contributed by atoms with Gasteiger partial charge in [-0.2, -0.15) is 0 Å². The molecule has 1 aromatic heterocycles. The summed E-state index contributed by atoms with van der Waals surface area (Å²) in [7, 11) is 0. The maximum absolute atomic E-state index is 13.6. The molecular weight excluding hydrogens is 556 g/mol. The van der Waals surface area contributed by atoms with Gasteiger partial charge in [0.15, 0.2) is 0 Å². The lowest BCUT2D eigenvalue weighted by atomic mass is 9.76. The number of amides is 1. The van der Waals surface area contributed by atoms with Crippen LogP contribution in [-0.2, 0) is 16.6 Å². The highest BCUT2D eigenvalue weighted by Gasteiger charge is 2.38. The Labute approximate surface area is 268 Å². The molecule has 1 amide bonds. The van der Waals surface area contributed by atoms with Crippen LogP contribution in [0.3, 0.4) is 0 Å². The summed E-state index contributed by atoms with van der Waals surface area (Å²) in [4.78, 5) is 27.2. The van der Waals surface area contributed by atoms with Crippen LogP contribution in [0.25, 0.3) is 11.6 Å². The highest BCUT2D eigenvalue weighted by molar-refractivity contribution is 5.81. The van der Waals surface area contributed by atoms with E-state index < -0.39 is 0 Å². The minimum atomic E-state index is 0.102. The van der Waals surface area contributed by atoms with Crippen molar-refractivity contribution >= 4 is 23.5 Å². The molecule has 4 aliphatic rings. The van der Waals surface area contributed by atoms with E-state index >= 15 is 0 Å². The Hall–Kier alpha value is -3.93. The quantitative estimate of drug-likeness (QED) is 0.280. The van der Waals surface area contributed by atoms with Gasteiger partial charge in [-0.3, -0.25) is 4.79 Å². The number of nitrogens with zero attached hydrogens (tertiary/aromatic N) is 4. The Morgan fingerprint density at radius 3 is 2.51 bits per heavy atom. The Morgan fingerprint density at radius 1 is 0.956 bits per heavy atom. The van der Waals surface area contributed by atoms with Gasteiger partial charge in [-0.1, -0.05) is 61.5 Å². The molecule has 0 saturated carbocycles. The standard InChI is InChI=1S/C39H46N4O2/c1-2-29-26-40-38(41-27-29)43-23-17-30(18-24-43)28-45-35-14-12-32(13-15-35)31-8-10-34(11-9-31)37(44)42-22-5-19-39(21-25-42)20-16-33-6-3-4-7-36(33)39/h3-4,6-8,12-16,20,26-27,30,34H,2,5,9-11,17-19,21-25,28H2,1H3. The number of aromatic nitrogens is 2. The fraction of sp³-hybridized carbons (Fsp3) is 0.462. The predicted octanol–water partition coefficient (Wildman–Crippen LogP) is 7.50. The van der Waals surface area contributed by atoms with Gasteiger partial charge in [0.05, 0.1) is 6.61 Å². The zero-order valence-electron chi connectivity index (χ0n) is 26.7. The van der Waals surface area contributed by atoms with Crippen molar-refractivity contribution in [3.05, 3.63) is 95.3 Å². The lowest BCUT2D eigenvalue weighted by Gasteiger charge is -2.31. The number of rotatable bonds is 7. The van der Waals surface area contributed by atoms with Crippen LogP contribution in [-0.4, -0.2) is 53.6 Å². The molecule has 0 bridgehead atoms. The van der Waals surface area contributed by atoms with Gasteiger partial charge >= 0.3 is 0 Å². The number of carbonyl (C=O) groups excluding carboxylic acids is 1. The molecule has 234 valence electrons. The molecule has 2 atom stereocenters. The third-order valence-corrected chi connectivity index (χ3v) is 10.7. The number of fused-ring (bicyclic) bond motifs is 2. The van der Waals surface area contributed by atoms with Gasteiger partial charge in [0.2, 0.25) is 11.9 Å². The average Bonchev–Trinajstić information content (AvgIpc) is 3.32. The zero-order chi connectivity index (χ0) is 30.6. The van der Waals surface area contributed by atoms with Crippen LogP contribution < -0.4 is 9.64 Å². The van der Waals surface area contributed by atoms with E-state index in [9.17, 15) is 4.79 Å². The average molecular weight is 603 g/mol. The number of allylic oxidation sites excluding steroid dienone is 3. The Kier molecular flexibility index (Phi) is 8.73. The summed E-state index contributed by atoms with van der Waals surface area (Å²) in [6, 6.07) is 17.4. The molecule has 3 heterocycles. The summed E-state index contributed by atoms with van der Waals surface area (Å²) in [5.41, 5.74) is 6.69. The van der Waals surface area contributed by atoms with E-state index in [1.165, 1.54) is 27.8 Å². The molecule has 2 saturated heterocycles. The molecule has 2 aromatic carbocycles. The summed E-state index contributed by atoms with van der Waals surface area (Å²) in [5, 5.41) is 0. The molecule has 2 fully saturated rings. The van der Waals surface area contributed by atoms with Crippen molar-refractivity contribution in [2.75, 3.05) is 37.7 Å². The number of piperidine rings is 1. The molecular formula is C39H46N4O2. The summed E-state index contributed by atoms with van der Waals surface area (Å²) < 4.78 is 6.22. The zero-order valence-corrected chi connectivity index (χ0v) is 26.7. The summed E-state index contributed by atoms with van der Waals surface area (Å²) >= 11 is 0. The molecule has 1 spiro atoms. The molecule has 45 heavy (non-hydrogen) atoms. The fourth-order valence-electron chi connectivity index (χ4n) is 7.80. The molecule has 6 heteroatoms. The van der Waals surface area contributed by atoms with Gasteiger partial charge in [-0.15, -0.1) is 0 Å². The van der Waals surface area contributed by atoms with E-state index in [2.05, 4.69) is 93.5 Å². The third-order valence-electron chi connectivity index (χ3n) is 10.7. The van der Waals surface area contributed by atoms with E-state index in [0.717, 1.165) is 102 Å². The van der Waals surface area contributed by atoms with Gasteiger partial charge in [0.25, 0.3) is 0 Å². The monoisotopic (exact) mass is 602 g/mol. The number of hydrogen-bond acceptors (Lipinski definition) is 5. The minimum absolute atomic E-state index is 0.102. The first-order valence-corrected chi connectivity index (χ1v) is 17.2. The molecule has 2 aliphatic carbocycles. The summed E-state index contributed by atoms with van der Waals surface area (Å²) in [6.45, 7) is 6.55. The van der Waals surface area contributed by atoms with Gasteiger partial charge < -0.3 is 14.5 Å². The number of aryl methyl sites for hydroxylation is 1. The molecule has 6 nitrogen and oxygen atoms in total. The van der Waals surface area contributed by atoms with Gasteiger partial charge in [-0.05, 0) is 104 Å². The lowest BCUT2D eigenvalue weighted by Crippen LogP contribution is -2.38. The second kappa shape index (κ2) is 13.2. The van der Waals surface area contributed by atoms with Crippen LogP contribution in [0, 0.1) is 11.8 Å². The Balaban J connectivity index is 0.871. The normalized spacial score (nSPS) is 23.5. The van der Waals surface area contributed by atoms with Gasteiger partial charge in [-0.25, -0.2) is 9.97 Å². The van der Waals surface area contributed by atoms with E-state index in [4.69, 9.17) is 4.74 Å². The van der Waals surface area contributed by atoms with Crippen molar-refractivity contribution in [2.24, 2.45) is 11.8 Å². The van der Waals surface area contributed by atoms with Crippen molar-refractivity contribution in [3.8, 4) is 5.75 Å². The van der Waals surface area contributed by atoms with Crippen molar-refractivity contribution in [1.29, 1.82) is 0 Å². The highest BCUT2D eigenvalue weighted by atomic mass is 16.5. The molecule has 3 aromatic rings. The maximum atomic E-state index is 13.6. The molecule has 0 radical (unpaired) electrons. The Morgan fingerprint density at radius 2 is 1.76 bits per heavy atom. The van der Waals surface area contributed by atoms with Crippen LogP contribution in [0.5, 0.6) is 5.75 Å². The summed E-state index contributed by atoms with van der Waals surface area (Å²) in [6.07, 6.45) is 20.0. The lowest BCUT2D eigenvalue weighted by molar-refractivity contribution is -0.135. The van der Waals surface area contributed by atoms with Crippen LogP contribution >= 0.6 is 0 Å². The smallest absolute Gasteiger partial charge is 0.226 e. The van der Waals surface area contributed by atoms with Crippen molar-refractivity contribution in [2.45, 2.75) is 70.1 Å². The Bertz CT molecular complexity index is 1540. The van der Waals surface area contributed by atoms with E-state index in [1.807, 2.05) is 12.4 Å². The topological polar surface area (TPSA) is 58.6 Å². The molecule has 2 unspecified atom stereocenters. The minimum Gasteiger partial charge on any atom is -0.493 e. The first-order chi connectivity index (χ1) is 22.1. The van der Waals surface area contributed by atoms with E-state index in [0.29, 0.717) is 11.8 Å². The first-order valence-electron chi connectivity index (χ1n) is 17.2. The van der Waals surface area contributed by atoms with Gasteiger partial charge in [0, 0.05) is 49.9 Å². The highest BCUT2D eigenvalue weighted by Crippen LogP contribution is 2.44. The van der Waals surface area contributed by atoms with Crippen LogP contribution in [0.2, 0.25) is 0 Å². The van der Waals surface area contributed by atoms with E-state index in [1.54, 1.807) is 0 Å². The van der Waals surface area contributed by atoms with Gasteiger partial charge in [0.1, 0.15) is 5.75 Å². The van der Waals surface area contributed by atoms with Crippen molar-refractivity contribution in [3.63, 3.8) is 0 Å². The first kappa shape index (κ1) is 29.8. The molecule has 7 rings (SSSR count). The third kappa shape index (κ3) is 6.43. The second-order valence-corrected chi connectivity index (χ2v) is 13.5. The number of anilines is 1.